The second-order valence-corrected chi connectivity index (χ2v) is 8.86. The number of aliphatic hydroxyl groups is 3. The van der Waals surface area contributed by atoms with E-state index in [9.17, 15) is 18.6 Å². The van der Waals surface area contributed by atoms with Crippen LogP contribution in [0.25, 0.3) is 0 Å². The van der Waals surface area contributed by atoms with Gasteiger partial charge < -0.3 is 15.3 Å². The van der Waals surface area contributed by atoms with Crippen molar-refractivity contribution in [1.29, 1.82) is 0 Å². The van der Waals surface area contributed by atoms with Gasteiger partial charge in [0.2, 0.25) is 0 Å². The molecule has 0 radical (unpaired) electrons. The molecule has 3 N–H and O–H groups in total. The fourth-order valence-corrected chi connectivity index (χ4v) is 3.66. The molecule has 0 saturated carbocycles. The molecule has 0 unspecified atom stereocenters. The van der Waals surface area contributed by atoms with E-state index in [2.05, 4.69) is 11.1 Å². The number of aliphatic hydroxyl groups excluding tert-OH is 3. The molecule has 0 aliphatic carbocycles. The van der Waals surface area contributed by atoms with Crippen LogP contribution in [0.15, 0.2) is 0 Å². The fourth-order valence-electron chi connectivity index (χ4n) is 3.03. The van der Waals surface area contributed by atoms with Gasteiger partial charge in [-0.2, -0.15) is 8.42 Å². The van der Waals surface area contributed by atoms with Crippen molar-refractivity contribution in [2.24, 2.45) is 0 Å². The molecule has 0 heterocycles. The minimum Gasteiger partial charge on any atom is -0.394 e. The minimum absolute atomic E-state index is 0.363. The summed E-state index contributed by atoms with van der Waals surface area (Å²) >= 11 is 0. The summed E-state index contributed by atoms with van der Waals surface area (Å²) in [4.78, 5) is 0. The van der Waals surface area contributed by atoms with Gasteiger partial charge in [0.1, 0.15) is 12.2 Å². The van der Waals surface area contributed by atoms with Gasteiger partial charge in [-0.3, -0.25) is 4.18 Å². The second-order valence-electron chi connectivity index (χ2n) is 7.26. The zero-order valence-electron chi connectivity index (χ0n) is 16.6. The molecule has 0 aliphatic rings. The van der Waals surface area contributed by atoms with Crippen LogP contribution < -0.4 is 0 Å². The molecule has 0 aromatic carbocycles. The van der Waals surface area contributed by atoms with Crippen LogP contribution in [0, 0.1) is 0 Å². The maximum atomic E-state index is 11.1. The van der Waals surface area contributed by atoms with E-state index in [1.807, 2.05) is 0 Å². The Bertz CT molecular complexity index is 412. The molecule has 0 aromatic rings. The molecular formula is C19H40O6S. The summed E-state index contributed by atoms with van der Waals surface area (Å²) in [5.41, 5.74) is 0. The van der Waals surface area contributed by atoms with Crippen molar-refractivity contribution in [3.05, 3.63) is 0 Å². The number of hydrogen-bond acceptors (Lipinski definition) is 6. The van der Waals surface area contributed by atoms with Crippen LogP contribution in [0.3, 0.4) is 0 Å². The molecule has 158 valence electrons. The molecule has 26 heavy (non-hydrogen) atoms. The van der Waals surface area contributed by atoms with E-state index < -0.39 is 35.0 Å². The third-order valence-corrected chi connectivity index (χ3v) is 5.20. The lowest BCUT2D eigenvalue weighted by molar-refractivity contribution is -0.0661. The lowest BCUT2D eigenvalue weighted by Gasteiger charge is -2.24. The van der Waals surface area contributed by atoms with E-state index >= 15 is 0 Å². The lowest BCUT2D eigenvalue weighted by atomic mass is 10.0. The summed E-state index contributed by atoms with van der Waals surface area (Å²) in [7, 11) is -3.79. The Labute approximate surface area is 160 Å². The van der Waals surface area contributed by atoms with Crippen molar-refractivity contribution in [2.45, 2.75) is 109 Å². The molecule has 0 aliphatic heterocycles. The Morgan fingerprint density at radius 2 is 1.23 bits per heavy atom. The molecule has 6 nitrogen and oxygen atoms in total. The average molecular weight is 397 g/mol. The zero-order chi connectivity index (χ0) is 19.8. The summed E-state index contributed by atoms with van der Waals surface area (Å²) in [6, 6.07) is 0. The average Bonchev–Trinajstić information content (AvgIpc) is 2.59. The highest BCUT2D eigenvalue weighted by Gasteiger charge is 2.29. The van der Waals surface area contributed by atoms with Crippen LogP contribution in [0.1, 0.15) is 90.4 Å². The normalized spacial score (nSPS) is 15.7. The molecule has 0 rings (SSSR count). The molecule has 0 saturated heterocycles. The van der Waals surface area contributed by atoms with Crippen LogP contribution >= 0.6 is 0 Å². The Morgan fingerprint density at radius 1 is 0.808 bits per heavy atom. The fraction of sp³-hybridized carbons (Fsp3) is 1.00. The van der Waals surface area contributed by atoms with E-state index in [0.29, 0.717) is 6.42 Å². The predicted molar refractivity (Wildman–Crippen MR) is 105 cm³/mol. The van der Waals surface area contributed by atoms with Crippen LogP contribution in [-0.2, 0) is 14.3 Å². The third kappa shape index (κ3) is 14.9. The summed E-state index contributed by atoms with van der Waals surface area (Å²) in [5.74, 6) is 0. The van der Waals surface area contributed by atoms with Gasteiger partial charge in [-0.15, -0.1) is 0 Å². The standard InChI is InChI=1S/C19H40O6S/c1-3-4-5-6-7-8-9-10-11-12-13-14-15-17(21)19(22)18(16-20)25-26(2,23)24/h17-22H,3-16H2,1-2H3/t17-,18-,19-/m1/s1. The predicted octanol–water partition coefficient (Wildman–Crippen LogP) is 3.14. The highest BCUT2D eigenvalue weighted by Crippen LogP contribution is 2.15. The van der Waals surface area contributed by atoms with Crippen molar-refractivity contribution in [3.63, 3.8) is 0 Å². The Kier molecular flexibility index (Phi) is 15.7. The Hall–Kier alpha value is -0.210. The van der Waals surface area contributed by atoms with Gasteiger partial charge in [-0.1, -0.05) is 84.0 Å². The van der Waals surface area contributed by atoms with Gasteiger partial charge >= 0.3 is 0 Å². The SMILES string of the molecule is CCCCCCCCCCCCCC[C@@H](O)[C@@H](O)[C@@H](CO)OS(C)(=O)=O. The third-order valence-electron chi connectivity index (χ3n) is 4.61. The summed E-state index contributed by atoms with van der Waals surface area (Å²) in [6.07, 6.45) is 11.9. The topological polar surface area (TPSA) is 104 Å². The number of rotatable bonds is 18. The molecule has 3 atom stereocenters. The number of unbranched alkanes of at least 4 members (excludes halogenated alkanes) is 11. The summed E-state index contributed by atoms with van der Waals surface area (Å²) in [6.45, 7) is 1.57. The maximum Gasteiger partial charge on any atom is 0.264 e. The molecule has 0 fully saturated rings. The van der Waals surface area contributed by atoms with E-state index in [1.165, 1.54) is 57.8 Å². The molecule has 0 bridgehead atoms. The van der Waals surface area contributed by atoms with Gasteiger partial charge in [-0.25, -0.2) is 0 Å². The van der Waals surface area contributed by atoms with E-state index in [1.54, 1.807) is 0 Å². The first-order valence-electron chi connectivity index (χ1n) is 10.2. The van der Waals surface area contributed by atoms with Crippen molar-refractivity contribution >= 4 is 10.1 Å². The van der Waals surface area contributed by atoms with Crippen LogP contribution in [-0.4, -0.2) is 54.9 Å². The van der Waals surface area contributed by atoms with Crippen molar-refractivity contribution in [1.82, 2.24) is 0 Å². The smallest absolute Gasteiger partial charge is 0.264 e. The van der Waals surface area contributed by atoms with Crippen LogP contribution in [0.5, 0.6) is 0 Å². The monoisotopic (exact) mass is 396 g/mol. The second kappa shape index (κ2) is 15.8. The van der Waals surface area contributed by atoms with Crippen molar-refractivity contribution in [2.75, 3.05) is 12.9 Å². The first-order chi connectivity index (χ1) is 12.3. The van der Waals surface area contributed by atoms with E-state index in [-0.39, 0.29) is 0 Å². The highest BCUT2D eigenvalue weighted by molar-refractivity contribution is 7.86. The summed E-state index contributed by atoms with van der Waals surface area (Å²) in [5, 5.41) is 29.0. The molecular weight excluding hydrogens is 356 g/mol. The summed E-state index contributed by atoms with van der Waals surface area (Å²) < 4.78 is 26.7. The van der Waals surface area contributed by atoms with Gasteiger partial charge in [0.25, 0.3) is 10.1 Å². The zero-order valence-corrected chi connectivity index (χ0v) is 17.4. The van der Waals surface area contributed by atoms with Gasteiger partial charge in [0.05, 0.1) is 19.0 Å². The largest absolute Gasteiger partial charge is 0.394 e. The molecule has 0 aromatic heterocycles. The van der Waals surface area contributed by atoms with E-state index in [0.717, 1.165) is 25.5 Å². The lowest BCUT2D eigenvalue weighted by Crippen LogP contribution is -2.42. The Morgan fingerprint density at radius 3 is 1.62 bits per heavy atom. The van der Waals surface area contributed by atoms with Crippen molar-refractivity contribution in [3.8, 4) is 0 Å². The van der Waals surface area contributed by atoms with Gasteiger partial charge in [0.15, 0.2) is 0 Å². The van der Waals surface area contributed by atoms with Gasteiger partial charge in [0, 0.05) is 0 Å². The van der Waals surface area contributed by atoms with Crippen molar-refractivity contribution < 1.29 is 27.9 Å². The quantitative estimate of drug-likeness (QED) is 0.243. The highest BCUT2D eigenvalue weighted by atomic mass is 32.2. The maximum absolute atomic E-state index is 11.1. The first kappa shape index (κ1) is 25.8. The Balaban J connectivity index is 3.65. The van der Waals surface area contributed by atoms with Crippen LogP contribution in [0.4, 0.5) is 0 Å². The van der Waals surface area contributed by atoms with E-state index in [4.69, 9.17) is 5.11 Å². The minimum atomic E-state index is -3.79. The first-order valence-corrected chi connectivity index (χ1v) is 12.0. The van der Waals surface area contributed by atoms with Gasteiger partial charge in [-0.05, 0) is 6.42 Å². The molecule has 0 amide bonds. The van der Waals surface area contributed by atoms with Crippen LogP contribution in [0.2, 0.25) is 0 Å². The number of hydrogen-bond donors (Lipinski definition) is 3. The molecule has 0 spiro atoms. The molecule has 7 heteroatoms.